The van der Waals surface area contributed by atoms with Crippen molar-refractivity contribution in [2.45, 2.75) is 18.9 Å². The van der Waals surface area contributed by atoms with Crippen molar-refractivity contribution in [2.24, 2.45) is 0 Å². The molecule has 0 aliphatic carbocycles. The van der Waals surface area contributed by atoms with Crippen LogP contribution in [0.5, 0.6) is 0 Å². The van der Waals surface area contributed by atoms with E-state index in [2.05, 4.69) is 26.0 Å². The lowest BCUT2D eigenvalue weighted by Gasteiger charge is -2.34. The summed E-state index contributed by atoms with van der Waals surface area (Å²) in [6.45, 7) is 0.783. The Balaban J connectivity index is 2.09. The number of nitrogens with one attached hydrogen (secondary N) is 1. The zero-order valence-electron chi connectivity index (χ0n) is 12.2. The number of hydrogen-bond acceptors (Lipinski definition) is 4. The van der Waals surface area contributed by atoms with Crippen LogP contribution < -0.4 is 5.32 Å². The molecule has 7 heteroatoms. The lowest BCUT2D eigenvalue weighted by Crippen LogP contribution is -2.58. The maximum absolute atomic E-state index is 12.5. The minimum Gasteiger partial charge on any atom is -0.469 e. The monoisotopic (exact) mass is 368 g/mol. The van der Waals surface area contributed by atoms with Crippen molar-refractivity contribution in [3.05, 3.63) is 34.3 Å². The number of amides is 2. The van der Waals surface area contributed by atoms with E-state index in [0.29, 0.717) is 13.1 Å². The molecule has 118 valence electrons. The Hall–Kier alpha value is -1.89. The normalized spacial score (nSPS) is 17.8. The van der Waals surface area contributed by atoms with E-state index >= 15 is 0 Å². The Morgan fingerprint density at radius 1 is 1.36 bits per heavy atom. The molecule has 2 rings (SSSR count). The zero-order valence-corrected chi connectivity index (χ0v) is 13.8. The van der Waals surface area contributed by atoms with Gasteiger partial charge in [0, 0.05) is 17.6 Å². The molecule has 0 saturated carbocycles. The lowest BCUT2D eigenvalue weighted by molar-refractivity contribution is -0.150. The van der Waals surface area contributed by atoms with Crippen LogP contribution in [0.3, 0.4) is 0 Å². The molecular weight excluding hydrogens is 352 g/mol. The van der Waals surface area contributed by atoms with E-state index in [-0.39, 0.29) is 24.7 Å². The Labute approximate surface area is 136 Å². The molecule has 0 spiro atoms. The number of esters is 1. The maximum Gasteiger partial charge on any atom is 0.308 e. The molecule has 1 atom stereocenters. The third-order valence-electron chi connectivity index (χ3n) is 3.51. The molecule has 0 aromatic heterocycles. The molecule has 1 aliphatic heterocycles. The minimum atomic E-state index is -0.802. The second-order valence-corrected chi connectivity index (χ2v) is 5.89. The summed E-state index contributed by atoms with van der Waals surface area (Å²) in [5.74, 6) is -1.00. The summed E-state index contributed by atoms with van der Waals surface area (Å²) in [6.07, 6.45) is 0.0621. The van der Waals surface area contributed by atoms with E-state index in [4.69, 9.17) is 0 Å². The van der Waals surface area contributed by atoms with Crippen LogP contribution >= 0.6 is 15.9 Å². The topological polar surface area (TPSA) is 75.7 Å². The predicted octanol–water partition coefficient (Wildman–Crippen LogP) is 0.882. The zero-order chi connectivity index (χ0) is 16.1. The first-order chi connectivity index (χ1) is 10.5. The molecule has 1 aliphatic rings. The van der Waals surface area contributed by atoms with Gasteiger partial charge in [-0.3, -0.25) is 14.4 Å². The summed E-state index contributed by atoms with van der Waals surface area (Å²) in [5, 5.41) is 2.67. The van der Waals surface area contributed by atoms with E-state index in [1.165, 1.54) is 12.0 Å². The first kappa shape index (κ1) is 16.5. The van der Waals surface area contributed by atoms with Crippen molar-refractivity contribution in [1.29, 1.82) is 0 Å². The van der Waals surface area contributed by atoms with Gasteiger partial charge in [-0.2, -0.15) is 0 Å². The number of nitrogens with zero attached hydrogens (tertiary/aromatic N) is 1. The summed E-state index contributed by atoms with van der Waals surface area (Å²) < 4.78 is 5.53. The summed E-state index contributed by atoms with van der Waals surface area (Å²) in [5.41, 5.74) is 0.857. The molecule has 0 radical (unpaired) electrons. The standard InChI is InChI=1S/C15H17BrN2O4/c1-22-14(20)9-12-15(21)17-6-7-18(12)13(19)8-10-2-4-11(16)5-3-10/h2-5,12H,6-9H2,1H3,(H,17,21). The van der Waals surface area contributed by atoms with Gasteiger partial charge in [0.15, 0.2) is 0 Å². The fourth-order valence-corrected chi connectivity index (χ4v) is 2.60. The molecular formula is C15H17BrN2O4. The van der Waals surface area contributed by atoms with Gasteiger partial charge >= 0.3 is 5.97 Å². The summed E-state index contributed by atoms with van der Waals surface area (Å²) in [7, 11) is 1.26. The first-order valence-electron chi connectivity index (χ1n) is 6.89. The molecule has 1 fully saturated rings. The molecule has 1 aromatic rings. The van der Waals surface area contributed by atoms with Crippen molar-refractivity contribution >= 4 is 33.7 Å². The number of halogens is 1. The van der Waals surface area contributed by atoms with E-state index in [1.807, 2.05) is 24.3 Å². The van der Waals surface area contributed by atoms with E-state index in [1.54, 1.807) is 0 Å². The van der Waals surface area contributed by atoms with Crippen LogP contribution in [0.4, 0.5) is 0 Å². The number of methoxy groups -OCH3 is 1. The quantitative estimate of drug-likeness (QED) is 0.800. The molecule has 6 nitrogen and oxygen atoms in total. The van der Waals surface area contributed by atoms with Crippen LogP contribution in [0, 0.1) is 0 Å². The van der Waals surface area contributed by atoms with Gasteiger partial charge in [0.1, 0.15) is 6.04 Å². The highest BCUT2D eigenvalue weighted by molar-refractivity contribution is 9.10. The van der Waals surface area contributed by atoms with Gasteiger partial charge in [-0.25, -0.2) is 0 Å². The van der Waals surface area contributed by atoms with E-state index in [9.17, 15) is 14.4 Å². The lowest BCUT2D eigenvalue weighted by atomic mass is 10.1. The van der Waals surface area contributed by atoms with Gasteiger partial charge in [-0.1, -0.05) is 28.1 Å². The number of rotatable bonds is 4. The number of hydrogen-bond donors (Lipinski definition) is 1. The molecule has 22 heavy (non-hydrogen) atoms. The van der Waals surface area contributed by atoms with Crippen molar-refractivity contribution in [3.63, 3.8) is 0 Å². The van der Waals surface area contributed by atoms with Crippen molar-refractivity contribution in [3.8, 4) is 0 Å². The SMILES string of the molecule is COC(=O)CC1C(=O)NCCN1C(=O)Cc1ccc(Br)cc1. The molecule has 1 unspecified atom stereocenters. The molecule has 0 bridgehead atoms. The number of carbonyl (C=O) groups is 3. The molecule has 1 saturated heterocycles. The maximum atomic E-state index is 12.5. The van der Waals surface area contributed by atoms with Crippen LogP contribution in [0.25, 0.3) is 0 Å². The number of ether oxygens (including phenoxy) is 1. The van der Waals surface area contributed by atoms with Crippen molar-refractivity contribution in [2.75, 3.05) is 20.2 Å². The number of carbonyl (C=O) groups excluding carboxylic acids is 3. The van der Waals surface area contributed by atoms with Gasteiger partial charge in [0.05, 0.1) is 20.0 Å². The van der Waals surface area contributed by atoms with Crippen LogP contribution in [0.15, 0.2) is 28.7 Å². The second kappa shape index (κ2) is 7.40. The third kappa shape index (κ3) is 4.07. The first-order valence-corrected chi connectivity index (χ1v) is 7.69. The molecule has 1 aromatic carbocycles. The number of piperazine rings is 1. The summed E-state index contributed by atoms with van der Waals surface area (Å²) in [6, 6.07) is 6.61. The third-order valence-corrected chi connectivity index (χ3v) is 4.04. The highest BCUT2D eigenvalue weighted by Crippen LogP contribution is 2.15. The predicted molar refractivity (Wildman–Crippen MR) is 83.0 cm³/mol. The van der Waals surface area contributed by atoms with Crippen molar-refractivity contribution < 1.29 is 19.1 Å². The second-order valence-electron chi connectivity index (χ2n) is 4.98. The van der Waals surface area contributed by atoms with Gasteiger partial charge < -0.3 is 15.0 Å². The average Bonchev–Trinajstić information content (AvgIpc) is 2.51. The van der Waals surface area contributed by atoms with Gasteiger partial charge in [-0.15, -0.1) is 0 Å². The Bertz CT molecular complexity index is 573. The van der Waals surface area contributed by atoms with Gasteiger partial charge in [-0.05, 0) is 17.7 Å². The van der Waals surface area contributed by atoms with E-state index < -0.39 is 12.0 Å². The number of benzene rings is 1. The van der Waals surface area contributed by atoms with Crippen LogP contribution in [-0.2, 0) is 25.5 Å². The summed E-state index contributed by atoms with van der Waals surface area (Å²) in [4.78, 5) is 37.3. The van der Waals surface area contributed by atoms with Crippen LogP contribution in [-0.4, -0.2) is 48.9 Å². The van der Waals surface area contributed by atoms with Crippen LogP contribution in [0.2, 0.25) is 0 Å². The molecule has 1 N–H and O–H groups in total. The fraction of sp³-hybridized carbons (Fsp3) is 0.400. The summed E-state index contributed by atoms with van der Waals surface area (Å²) >= 11 is 3.34. The van der Waals surface area contributed by atoms with Crippen LogP contribution in [0.1, 0.15) is 12.0 Å². The highest BCUT2D eigenvalue weighted by atomic mass is 79.9. The molecule has 1 heterocycles. The fourth-order valence-electron chi connectivity index (χ4n) is 2.34. The Morgan fingerprint density at radius 3 is 2.68 bits per heavy atom. The highest BCUT2D eigenvalue weighted by Gasteiger charge is 2.34. The average molecular weight is 369 g/mol. The van der Waals surface area contributed by atoms with Gasteiger partial charge in [0.25, 0.3) is 0 Å². The largest absolute Gasteiger partial charge is 0.469 e. The smallest absolute Gasteiger partial charge is 0.308 e. The Morgan fingerprint density at radius 2 is 2.05 bits per heavy atom. The van der Waals surface area contributed by atoms with E-state index in [0.717, 1.165) is 10.0 Å². The van der Waals surface area contributed by atoms with Gasteiger partial charge in [0.2, 0.25) is 11.8 Å². The van der Waals surface area contributed by atoms with Crippen molar-refractivity contribution in [1.82, 2.24) is 10.2 Å². The Kier molecular flexibility index (Phi) is 5.54. The molecule has 2 amide bonds. The minimum absolute atomic E-state index is 0.131.